The molecule has 1 amide bonds. The molecule has 0 bridgehead atoms. The van der Waals surface area contributed by atoms with Crippen LogP contribution in [0.5, 0.6) is 5.75 Å². The Morgan fingerprint density at radius 1 is 1.23 bits per heavy atom. The van der Waals surface area contributed by atoms with Crippen LogP contribution in [-0.2, 0) is 11.3 Å². The highest BCUT2D eigenvalue weighted by Crippen LogP contribution is 2.34. The van der Waals surface area contributed by atoms with E-state index in [0.29, 0.717) is 40.3 Å². The molecule has 2 aromatic carbocycles. The van der Waals surface area contributed by atoms with E-state index in [4.69, 9.17) is 9.15 Å². The highest BCUT2D eigenvalue weighted by Gasteiger charge is 2.19. The Labute approximate surface area is 199 Å². The minimum Gasteiger partial charge on any atom is -0.493 e. The van der Waals surface area contributed by atoms with Crippen molar-refractivity contribution in [1.29, 1.82) is 0 Å². The number of amides is 1. The van der Waals surface area contributed by atoms with Crippen molar-refractivity contribution in [2.75, 3.05) is 18.2 Å². The number of ether oxygens (including phenoxy) is 1. The average Bonchev–Trinajstić information content (AvgIpc) is 3.38. The summed E-state index contributed by atoms with van der Waals surface area (Å²) in [5.41, 5.74) is 1.37. The topological polar surface area (TPSA) is 82.2 Å². The number of halogens is 2. The van der Waals surface area contributed by atoms with E-state index in [0.717, 1.165) is 14.3 Å². The fourth-order valence-electron chi connectivity index (χ4n) is 3.08. The first-order valence-corrected chi connectivity index (χ1v) is 11.9. The largest absolute Gasteiger partial charge is 0.493 e. The molecule has 2 aromatic heterocycles. The molecule has 0 saturated heterocycles. The zero-order valence-corrected chi connectivity index (χ0v) is 20.7. The number of nitrogens with zero attached hydrogens (tertiary/aromatic N) is 3. The van der Waals surface area contributed by atoms with Crippen LogP contribution in [0, 0.1) is 0 Å². The number of methoxy groups -OCH3 is 1. The summed E-state index contributed by atoms with van der Waals surface area (Å²) in [7, 11) is 1.61. The van der Waals surface area contributed by atoms with Gasteiger partial charge >= 0.3 is 0 Å². The van der Waals surface area contributed by atoms with Crippen LogP contribution < -0.4 is 10.1 Å². The second-order valence-electron chi connectivity index (χ2n) is 6.50. The van der Waals surface area contributed by atoms with Crippen molar-refractivity contribution in [3.8, 4) is 17.3 Å². The van der Waals surface area contributed by atoms with Crippen LogP contribution >= 0.6 is 43.6 Å². The summed E-state index contributed by atoms with van der Waals surface area (Å²) < 4.78 is 15.0. The van der Waals surface area contributed by atoms with Gasteiger partial charge in [-0.3, -0.25) is 9.36 Å². The second-order valence-corrected chi connectivity index (χ2v) is 9.21. The highest BCUT2D eigenvalue weighted by atomic mass is 79.9. The van der Waals surface area contributed by atoms with Gasteiger partial charge in [0.05, 0.1) is 18.6 Å². The number of rotatable bonds is 7. The van der Waals surface area contributed by atoms with E-state index in [1.165, 1.54) is 11.8 Å². The van der Waals surface area contributed by atoms with Crippen LogP contribution in [0.15, 0.2) is 61.0 Å². The lowest BCUT2D eigenvalue weighted by atomic mass is 10.2. The number of carbonyl (C=O) groups is 1. The number of hydrogen-bond donors (Lipinski definition) is 1. The molecule has 10 heteroatoms. The molecular formula is C21H18Br2N4O3S. The second kappa shape index (κ2) is 9.46. The van der Waals surface area contributed by atoms with Crippen LogP contribution in [0.1, 0.15) is 6.92 Å². The van der Waals surface area contributed by atoms with Gasteiger partial charge in [-0.25, -0.2) is 0 Å². The molecule has 0 aliphatic carbocycles. The van der Waals surface area contributed by atoms with Crippen molar-refractivity contribution in [3.63, 3.8) is 0 Å². The number of para-hydroxylation sites is 1. The van der Waals surface area contributed by atoms with Gasteiger partial charge in [-0.05, 0) is 53.2 Å². The Bertz CT molecular complexity index is 1250. The molecule has 0 unspecified atom stereocenters. The number of aromatic nitrogens is 3. The molecule has 0 spiro atoms. The smallest absolute Gasteiger partial charge is 0.234 e. The highest BCUT2D eigenvalue weighted by molar-refractivity contribution is 9.11. The maximum Gasteiger partial charge on any atom is 0.234 e. The zero-order valence-electron chi connectivity index (χ0n) is 16.7. The fourth-order valence-corrected chi connectivity index (χ4v) is 4.59. The van der Waals surface area contributed by atoms with Crippen molar-refractivity contribution < 1.29 is 13.9 Å². The number of furan rings is 1. The number of nitrogens with one attached hydrogen (secondary N) is 1. The lowest BCUT2D eigenvalue weighted by Crippen LogP contribution is -2.15. The van der Waals surface area contributed by atoms with Gasteiger partial charge in [0, 0.05) is 20.9 Å². The Morgan fingerprint density at radius 3 is 2.84 bits per heavy atom. The average molecular weight is 566 g/mol. The summed E-state index contributed by atoms with van der Waals surface area (Å²) in [5.74, 6) is 1.94. The van der Waals surface area contributed by atoms with Crippen molar-refractivity contribution in [1.82, 2.24) is 14.8 Å². The van der Waals surface area contributed by atoms with Gasteiger partial charge in [0.2, 0.25) is 11.7 Å². The SMILES string of the molecule is CCn1c(SCC(=O)Nc2cc(Br)ccc2Br)nnc1-c1cc2cccc(OC)c2o1. The summed E-state index contributed by atoms with van der Waals surface area (Å²) in [4.78, 5) is 12.5. The summed E-state index contributed by atoms with van der Waals surface area (Å²) >= 11 is 8.18. The minimum absolute atomic E-state index is 0.135. The van der Waals surface area contributed by atoms with Gasteiger partial charge in [0.25, 0.3) is 0 Å². The maximum absolute atomic E-state index is 12.5. The summed E-state index contributed by atoms with van der Waals surface area (Å²) in [6, 6.07) is 13.2. The molecule has 2 heterocycles. The van der Waals surface area contributed by atoms with E-state index in [1.54, 1.807) is 7.11 Å². The minimum atomic E-state index is -0.135. The molecular weight excluding hydrogens is 548 g/mol. The van der Waals surface area contributed by atoms with Gasteiger partial charge in [-0.1, -0.05) is 39.8 Å². The van der Waals surface area contributed by atoms with Crippen molar-refractivity contribution >= 4 is 66.2 Å². The quantitative estimate of drug-likeness (QED) is 0.278. The van der Waals surface area contributed by atoms with Gasteiger partial charge in [0.1, 0.15) is 0 Å². The van der Waals surface area contributed by atoms with Crippen LogP contribution in [0.2, 0.25) is 0 Å². The predicted molar refractivity (Wildman–Crippen MR) is 129 cm³/mol. The fraction of sp³-hybridized carbons (Fsp3) is 0.190. The van der Waals surface area contributed by atoms with E-state index >= 15 is 0 Å². The summed E-state index contributed by atoms with van der Waals surface area (Å²) in [6.45, 7) is 2.64. The number of benzene rings is 2. The van der Waals surface area contributed by atoms with Crippen LogP contribution in [0.25, 0.3) is 22.6 Å². The van der Waals surface area contributed by atoms with Gasteiger partial charge in [-0.2, -0.15) is 0 Å². The lowest BCUT2D eigenvalue weighted by Gasteiger charge is -2.08. The summed E-state index contributed by atoms with van der Waals surface area (Å²) in [6.07, 6.45) is 0. The first-order valence-electron chi connectivity index (χ1n) is 9.38. The molecule has 0 aliphatic heterocycles. The number of fused-ring (bicyclic) bond motifs is 1. The summed E-state index contributed by atoms with van der Waals surface area (Å²) in [5, 5.41) is 13.1. The molecule has 7 nitrogen and oxygen atoms in total. The molecule has 4 rings (SSSR count). The number of carbonyl (C=O) groups excluding carboxylic acids is 1. The molecule has 0 aliphatic rings. The van der Waals surface area contributed by atoms with Crippen molar-refractivity contribution in [2.24, 2.45) is 0 Å². The third-order valence-electron chi connectivity index (χ3n) is 4.52. The maximum atomic E-state index is 12.5. The number of hydrogen-bond acceptors (Lipinski definition) is 6. The van der Waals surface area contributed by atoms with E-state index < -0.39 is 0 Å². The third kappa shape index (κ3) is 4.65. The van der Waals surface area contributed by atoms with Gasteiger partial charge in [-0.15, -0.1) is 10.2 Å². The zero-order chi connectivity index (χ0) is 22.0. The molecule has 0 atom stereocenters. The number of anilines is 1. The normalized spacial score (nSPS) is 11.1. The monoisotopic (exact) mass is 564 g/mol. The van der Waals surface area contributed by atoms with Gasteiger partial charge < -0.3 is 14.5 Å². The van der Waals surface area contributed by atoms with Crippen LogP contribution in [0.4, 0.5) is 5.69 Å². The van der Waals surface area contributed by atoms with Crippen LogP contribution in [-0.4, -0.2) is 33.5 Å². The van der Waals surface area contributed by atoms with E-state index in [-0.39, 0.29) is 11.7 Å². The van der Waals surface area contributed by atoms with Crippen LogP contribution in [0.3, 0.4) is 0 Å². The Morgan fingerprint density at radius 2 is 2.06 bits per heavy atom. The standard InChI is InChI=1S/C21H18Br2N4O3S/c1-3-27-20(17-9-12-5-4-6-16(29-2)19(12)30-17)25-26-21(27)31-11-18(28)24-15-10-13(22)7-8-14(15)23/h4-10H,3,11H2,1-2H3,(H,24,28). The molecule has 0 fully saturated rings. The Kier molecular flexibility index (Phi) is 6.68. The first-order chi connectivity index (χ1) is 15.0. The Balaban J connectivity index is 1.52. The van der Waals surface area contributed by atoms with E-state index in [2.05, 4.69) is 47.4 Å². The molecule has 4 aromatic rings. The van der Waals surface area contributed by atoms with Crippen molar-refractivity contribution in [2.45, 2.75) is 18.6 Å². The number of thioether (sulfide) groups is 1. The molecule has 1 N–H and O–H groups in total. The molecule has 31 heavy (non-hydrogen) atoms. The van der Waals surface area contributed by atoms with Gasteiger partial charge in [0.15, 0.2) is 22.2 Å². The lowest BCUT2D eigenvalue weighted by molar-refractivity contribution is -0.113. The van der Waals surface area contributed by atoms with Crippen molar-refractivity contribution in [3.05, 3.63) is 51.4 Å². The third-order valence-corrected chi connectivity index (χ3v) is 6.67. The van der Waals surface area contributed by atoms with E-state index in [1.807, 2.05) is 54.0 Å². The Hall–Kier alpha value is -2.30. The molecule has 0 saturated carbocycles. The van der Waals surface area contributed by atoms with E-state index in [9.17, 15) is 4.79 Å². The predicted octanol–water partition coefficient (Wildman–Crippen LogP) is 5.98. The first kappa shape index (κ1) is 21.9. The molecule has 160 valence electrons. The molecule has 0 radical (unpaired) electrons.